The first-order valence-electron chi connectivity index (χ1n) is 6.59. The molecule has 1 aromatic carbocycles. The summed E-state index contributed by atoms with van der Waals surface area (Å²) in [4.78, 5) is 15.0. The molecule has 2 aromatic rings. The standard InChI is InChI=1S/C16H14N2O3/c19-16(20)14-9-12(10-18-14)11-4-6-13(7-5-11)21-15-3-1-2-8-17-15/h1-8,10,14,18H,9H2,(H,19,20). The van der Waals surface area contributed by atoms with Crippen molar-refractivity contribution in [1.29, 1.82) is 0 Å². The third-order valence-electron chi connectivity index (χ3n) is 3.27. The van der Waals surface area contributed by atoms with Crippen molar-refractivity contribution in [3.05, 3.63) is 60.4 Å². The zero-order chi connectivity index (χ0) is 14.7. The van der Waals surface area contributed by atoms with Gasteiger partial charge in [0.2, 0.25) is 5.88 Å². The predicted octanol–water partition coefficient (Wildman–Crippen LogP) is 2.66. The monoisotopic (exact) mass is 282 g/mol. The smallest absolute Gasteiger partial charge is 0.326 e. The third-order valence-corrected chi connectivity index (χ3v) is 3.27. The molecule has 0 saturated carbocycles. The van der Waals surface area contributed by atoms with E-state index >= 15 is 0 Å². The summed E-state index contributed by atoms with van der Waals surface area (Å²) in [6, 6.07) is 12.5. The molecule has 1 aliphatic heterocycles. The topological polar surface area (TPSA) is 71.5 Å². The number of ether oxygens (including phenoxy) is 1. The summed E-state index contributed by atoms with van der Waals surface area (Å²) in [5.41, 5.74) is 1.96. The second kappa shape index (κ2) is 5.66. The Kier molecular flexibility index (Phi) is 3.55. The number of hydrogen-bond acceptors (Lipinski definition) is 4. The number of nitrogens with one attached hydrogen (secondary N) is 1. The van der Waals surface area contributed by atoms with Crippen molar-refractivity contribution in [2.75, 3.05) is 0 Å². The van der Waals surface area contributed by atoms with Crippen molar-refractivity contribution in [1.82, 2.24) is 10.3 Å². The van der Waals surface area contributed by atoms with Crippen LogP contribution in [0.5, 0.6) is 11.6 Å². The lowest BCUT2D eigenvalue weighted by molar-refractivity contribution is -0.138. The molecular formula is C16H14N2O3. The lowest BCUT2D eigenvalue weighted by Crippen LogP contribution is -2.28. The summed E-state index contributed by atoms with van der Waals surface area (Å²) in [6.45, 7) is 0. The summed E-state index contributed by atoms with van der Waals surface area (Å²) >= 11 is 0. The lowest BCUT2D eigenvalue weighted by Gasteiger charge is -2.07. The maximum atomic E-state index is 10.9. The van der Waals surface area contributed by atoms with Crippen LogP contribution in [-0.4, -0.2) is 22.1 Å². The Morgan fingerprint density at radius 1 is 1.24 bits per heavy atom. The highest BCUT2D eigenvalue weighted by molar-refractivity contribution is 5.81. The second-order valence-electron chi connectivity index (χ2n) is 4.73. The number of hydrogen-bond donors (Lipinski definition) is 2. The summed E-state index contributed by atoms with van der Waals surface area (Å²) in [5, 5.41) is 11.8. The van der Waals surface area contributed by atoms with E-state index in [-0.39, 0.29) is 0 Å². The van der Waals surface area contributed by atoms with Gasteiger partial charge in [-0.2, -0.15) is 0 Å². The van der Waals surface area contributed by atoms with E-state index in [1.165, 1.54) is 0 Å². The highest BCUT2D eigenvalue weighted by atomic mass is 16.5. The first-order chi connectivity index (χ1) is 10.2. The zero-order valence-corrected chi connectivity index (χ0v) is 11.2. The number of pyridine rings is 1. The molecule has 0 spiro atoms. The number of carboxylic acids is 1. The summed E-state index contributed by atoms with van der Waals surface area (Å²) in [6.07, 6.45) is 3.91. The maximum Gasteiger partial charge on any atom is 0.326 e. The molecule has 0 amide bonds. The fourth-order valence-electron chi connectivity index (χ4n) is 2.16. The van der Waals surface area contributed by atoms with Crippen LogP contribution in [0.15, 0.2) is 54.9 Å². The van der Waals surface area contributed by atoms with Gasteiger partial charge in [-0.25, -0.2) is 9.78 Å². The van der Waals surface area contributed by atoms with Crippen LogP contribution >= 0.6 is 0 Å². The van der Waals surface area contributed by atoms with Gasteiger partial charge in [-0.05, 0) is 29.3 Å². The minimum absolute atomic E-state index is 0.482. The average Bonchev–Trinajstić information content (AvgIpc) is 2.99. The molecule has 5 nitrogen and oxygen atoms in total. The highest BCUT2D eigenvalue weighted by Crippen LogP contribution is 2.27. The zero-order valence-electron chi connectivity index (χ0n) is 11.2. The summed E-state index contributed by atoms with van der Waals surface area (Å²) in [7, 11) is 0. The maximum absolute atomic E-state index is 10.9. The first kappa shape index (κ1) is 13.2. The lowest BCUT2D eigenvalue weighted by atomic mass is 10.0. The van der Waals surface area contributed by atoms with E-state index in [0.717, 1.165) is 11.1 Å². The Morgan fingerprint density at radius 2 is 2.05 bits per heavy atom. The molecule has 2 heterocycles. The molecule has 2 N–H and O–H groups in total. The van der Waals surface area contributed by atoms with E-state index in [1.54, 1.807) is 18.5 Å². The Bertz CT molecular complexity index is 666. The largest absolute Gasteiger partial charge is 0.480 e. The number of carbonyl (C=O) groups is 1. The molecule has 1 unspecified atom stereocenters. The SMILES string of the molecule is O=C(O)C1CC(c2ccc(Oc3ccccn3)cc2)=CN1. The van der Waals surface area contributed by atoms with Crippen molar-refractivity contribution in [2.45, 2.75) is 12.5 Å². The van der Waals surface area contributed by atoms with Crippen LogP contribution < -0.4 is 10.1 Å². The van der Waals surface area contributed by atoms with E-state index in [0.29, 0.717) is 18.1 Å². The molecule has 1 atom stereocenters. The minimum atomic E-state index is -0.837. The van der Waals surface area contributed by atoms with Crippen LogP contribution in [0.4, 0.5) is 0 Å². The van der Waals surface area contributed by atoms with Gasteiger partial charge >= 0.3 is 5.97 Å². The average molecular weight is 282 g/mol. The van der Waals surface area contributed by atoms with E-state index in [2.05, 4.69) is 10.3 Å². The van der Waals surface area contributed by atoms with Gasteiger partial charge < -0.3 is 15.2 Å². The van der Waals surface area contributed by atoms with E-state index in [1.807, 2.05) is 36.4 Å². The number of rotatable bonds is 4. The molecule has 3 rings (SSSR count). The van der Waals surface area contributed by atoms with Crippen LogP contribution in [0.1, 0.15) is 12.0 Å². The Morgan fingerprint density at radius 3 is 2.67 bits per heavy atom. The minimum Gasteiger partial charge on any atom is -0.480 e. The molecule has 0 bridgehead atoms. The molecule has 5 heteroatoms. The molecule has 1 aliphatic rings. The van der Waals surface area contributed by atoms with Crippen LogP contribution in [0.2, 0.25) is 0 Å². The molecule has 0 radical (unpaired) electrons. The van der Waals surface area contributed by atoms with Crippen molar-refractivity contribution < 1.29 is 14.6 Å². The van der Waals surface area contributed by atoms with Crippen molar-refractivity contribution >= 4 is 11.5 Å². The van der Waals surface area contributed by atoms with Gasteiger partial charge in [-0.3, -0.25) is 0 Å². The van der Waals surface area contributed by atoms with Crippen molar-refractivity contribution in [2.24, 2.45) is 0 Å². The number of aliphatic carboxylic acids is 1. The molecule has 0 aliphatic carbocycles. The van der Waals surface area contributed by atoms with Gasteiger partial charge in [0.15, 0.2) is 0 Å². The number of benzene rings is 1. The van der Waals surface area contributed by atoms with Crippen LogP contribution in [-0.2, 0) is 4.79 Å². The molecule has 1 aromatic heterocycles. The molecule has 106 valence electrons. The predicted molar refractivity (Wildman–Crippen MR) is 77.9 cm³/mol. The Hall–Kier alpha value is -2.82. The number of carboxylic acid groups (broad SMARTS) is 1. The number of aromatic nitrogens is 1. The second-order valence-corrected chi connectivity index (χ2v) is 4.73. The van der Waals surface area contributed by atoms with Crippen molar-refractivity contribution in [3.63, 3.8) is 0 Å². The fourth-order valence-corrected chi connectivity index (χ4v) is 2.16. The fraction of sp³-hybridized carbons (Fsp3) is 0.125. The molecular weight excluding hydrogens is 268 g/mol. The molecule has 0 saturated heterocycles. The van der Waals surface area contributed by atoms with Crippen LogP contribution in [0, 0.1) is 0 Å². The van der Waals surface area contributed by atoms with Gasteiger partial charge in [0.1, 0.15) is 11.8 Å². The summed E-state index contributed by atoms with van der Waals surface area (Å²) in [5.74, 6) is 0.396. The van der Waals surface area contributed by atoms with Gasteiger partial charge in [-0.1, -0.05) is 18.2 Å². The van der Waals surface area contributed by atoms with E-state index in [4.69, 9.17) is 9.84 Å². The summed E-state index contributed by atoms with van der Waals surface area (Å²) < 4.78 is 5.62. The van der Waals surface area contributed by atoms with Gasteiger partial charge in [0.25, 0.3) is 0 Å². The highest BCUT2D eigenvalue weighted by Gasteiger charge is 2.23. The van der Waals surface area contributed by atoms with Gasteiger partial charge in [0.05, 0.1) is 0 Å². The van der Waals surface area contributed by atoms with Gasteiger partial charge in [-0.15, -0.1) is 0 Å². The quantitative estimate of drug-likeness (QED) is 0.902. The van der Waals surface area contributed by atoms with Gasteiger partial charge in [0, 0.05) is 24.9 Å². The number of nitrogens with zero attached hydrogens (tertiary/aromatic N) is 1. The van der Waals surface area contributed by atoms with Crippen LogP contribution in [0.3, 0.4) is 0 Å². The van der Waals surface area contributed by atoms with Crippen LogP contribution in [0.25, 0.3) is 5.57 Å². The van der Waals surface area contributed by atoms with E-state index in [9.17, 15) is 4.79 Å². The van der Waals surface area contributed by atoms with E-state index < -0.39 is 12.0 Å². The van der Waals surface area contributed by atoms with Crippen molar-refractivity contribution in [3.8, 4) is 11.6 Å². The normalized spacial score (nSPS) is 17.0. The first-order valence-corrected chi connectivity index (χ1v) is 6.59. The molecule has 21 heavy (non-hydrogen) atoms. The Labute approximate surface area is 121 Å². The Balaban J connectivity index is 1.69. The third kappa shape index (κ3) is 3.02. The molecule has 0 fully saturated rings.